The van der Waals surface area contributed by atoms with E-state index >= 15 is 0 Å². The van der Waals surface area contributed by atoms with Crippen LogP contribution in [0.1, 0.15) is 53.5 Å². The molecule has 2 atom stereocenters. The summed E-state index contributed by atoms with van der Waals surface area (Å²) >= 11 is 2.27. The molecule has 196 valence electrons. The molecule has 0 spiro atoms. The Kier molecular flexibility index (Phi) is 10.3. The van der Waals surface area contributed by atoms with Crippen molar-refractivity contribution in [2.45, 2.75) is 63.8 Å². The molecule has 0 saturated heterocycles. The molecule has 0 aliphatic heterocycles. The first-order chi connectivity index (χ1) is 17.4. The molecule has 1 N–H and O–H groups in total. The van der Waals surface area contributed by atoms with Crippen molar-refractivity contribution in [3.05, 3.63) is 95.0 Å². The number of hydrogen-bond acceptors (Lipinski definition) is 3. The Bertz CT molecular complexity index is 1160. The predicted molar refractivity (Wildman–Crippen MR) is 164 cm³/mol. The normalized spacial score (nSPS) is 13.9. The van der Waals surface area contributed by atoms with Gasteiger partial charge in [-0.25, -0.2) is 0 Å². The third-order valence-corrected chi connectivity index (χ3v) is 13.3. The second-order valence-corrected chi connectivity index (χ2v) is 18.4. The van der Waals surface area contributed by atoms with E-state index < -0.39 is 24.4 Å². The van der Waals surface area contributed by atoms with Crippen LogP contribution in [0.2, 0.25) is 5.04 Å². The summed E-state index contributed by atoms with van der Waals surface area (Å²) in [5, 5.41) is 2.39. The van der Waals surface area contributed by atoms with Crippen molar-refractivity contribution in [1.29, 1.82) is 0 Å². The zero-order valence-corrected chi connectivity index (χ0v) is 26.1. The van der Waals surface area contributed by atoms with Gasteiger partial charge in [0.25, 0.3) is 8.32 Å². The number of nitrogens with one attached hydrogen (secondary N) is 1. The molecule has 0 aliphatic rings. The molecule has 0 radical (unpaired) electrons. The highest BCUT2D eigenvalue weighted by atomic mass is 79.9. The lowest BCUT2D eigenvalue weighted by Gasteiger charge is -2.43. The predicted octanol–water partition coefficient (Wildman–Crippen LogP) is 6.19. The topological polar surface area (TPSA) is 44.3 Å². The summed E-state index contributed by atoms with van der Waals surface area (Å²) in [5.74, 6) is 6.59. The standard InChI is InChI=1S/C31H38BrNO2SSi/c1-30(2,3)36(34)33-27(21-20-25-14-13-15-26(32)24-25)22-23-35-37(31(4,5)6,28-16-9-7-10-17-28)29-18-11-8-12-19-29/h7-19,24,27,33H,22-23H2,1-6H3/t27-,36?/m0/s1. The smallest absolute Gasteiger partial charge is 0.261 e. The van der Waals surface area contributed by atoms with Gasteiger partial charge in [0.15, 0.2) is 0 Å². The highest BCUT2D eigenvalue weighted by Crippen LogP contribution is 2.36. The van der Waals surface area contributed by atoms with Crippen molar-refractivity contribution < 1.29 is 8.98 Å². The van der Waals surface area contributed by atoms with Crippen LogP contribution in [0, 0.1) is 11.8 Å². The van der Waals surface area contributed by atoms with Gasteiger partial charge in [0.1, 0.15) is 10.8 Å². The van der Waals surface area contributed by atoms with Crippen LogP contribution in [0.3, 0.4) is 0 Å². The second-order valence-electron chi connectivity index (χ2n) is 11.1. The Morgan fingerprint density at radius 1 is 0.892 bits per heavy atom. The molecule has 0 aliphatic carbocycles. The quantitative estimate of drug-likeness (QED) is 0.192. The van der Waals surface area contributed by atoms with E-state index in [0.29, 0.717) is 13.0 Å². The summed E-state index contributed by atoms with van der Waals surface area (Å²) < 4.78 is 23.9. The van der Waals surface area contributed by atoms with Gasteiger partial charge in [-0.3, -0.25) is 0 Å². The molecule has 6 heteroatoms. The molecule has 0 saturated carbocycles. The van der Waals surface area contributed by atoms with Crippen LogP contribution < -0.4 is 15.1 Å². The highest BCUT2D eigenvalue weighted by molar-refractivity contribution is 9.10. The van der Waals surface area contributed by atoms with E-state index in [0.717, 1.165) is 10.0 Å². The Morgan fingerprint density at radius 3 is 1.95 bits per heavy atom. The third-order valence-electron chi connectivity index (χ3n) is 6.16. The number of hydrogen-bond donors (Lipinski definition) is 1. The van der Waals surface area contributed by atoms with Gasteiger partial charge in [-0.2, -0.15) is 0 Å². The van der Waals surface area contributed by atoms with Gasteiger partial charge >= 0.3 is 0 Å². The molecule has 3 aromatic rings. The molecule has 0 amide bonds. The van der Waals surface area contributed by atoms with Crippen LogP contribution in [0.4, 0.5) is 0 Å². The zero-order valence-electron chi connectivity index (χ0n) is 22.7. The summed E-state index contributed by atoms with van der Waals surface area (Å²) in [6.07, 6.45) is 0.618. The van der Waals surface area contributed by atoms with Crippen molar-refractivity contribution in [3.63, 3.8) is 0 Å². The first-order valence-corrected chi connectivity index (χ1v) is 16.5. The molecule has 3 rings (SSSR count). The van der Waals surface area contributed by atoms with E-state index in [-0.39, 0.29) is 11.1 Å². The molecule has 0 fully saturated rings. The van der Waals surface area contributed by atoms with E-state index in [1.165, 1.54) is 10.4 Å². The Labute approximate surface area is 236 Å². The largest absolute Gasteiger partial charge is 0.598 e. The lowest BCUT2D eigenvalue weighted by Crippen LogP contribution is -2.66. The van der Waals surface area contributed by atoms with Crippen LogP contribution in [0.25, 0.3) is 0 Å². The van der Waals surface area contributed by atoms with Gasteiger partial charge in [-0.15, -0.1) is 4.72 Å². The summed E-state index contributed by atoms with van der Waals surface area (Å²) in [5.41, 5.74) is 0.913. The molecule has 0 aromatic heterocycles. The maximum atomic E-state index is 13.0. The Balaban J connectivity index is 1.93. The summed E-state index contributed by atoms with van der Waals surface area (Å²) in [6, 6.07) is 28.9. The van der Waals surface area contributed by atoms with Crippen LogP contribution >= 0.6 is 15.9 Å². The first-order valence-electron chi connectivity index (χ1n) is 12.6. The summed E-state index contributed by atoms with van der Waals surface area (Å²) in [4.78, 5) is 0. The average molecular weight is 597 g/mol. The average Bonchev–Trinajstić information content (AvgIpc) is 2.84. The molecular weight excluding hydrogens is 558 g/mol. The fourth-order valence-electron chi connectivity index (χ4n) is 4.29. The van der Waals surface area contributed by atoms with E-state index in [1.807, 2.05) is 45.0 Å². The van der Waals surface area contributed by atoms with E-state index in [9.17, 15) is 4.55 Å². The minimum Gasteiger partial charge on any atom is -0.598 e. The van der Waals surface area contributed by atoms with Crippen molar-refractivity contribution in [2.24, 2.45) is 0 Å². The number of halogens is 1. The van der Waals surface area contributed by atoms with E-state index in [2.05, 4.69) is 114 Å². The molecule has 37 heavy (non-hydrogen) atoms. The van der Waals surface area contributed by atoms with Gasteiger partial charge in [-0.1, -0.05) is 115 Å². The summed E-state index contributed by atoms with van der Waals surface area (Å²) in [7, 11) is -2.65. The van der Waals surface area contributed by atoms with Gasteiger partial charge in [-0.05, 0) is 54.4 Å². The lowest BCUT2D eigenvalue weighted by molar-refractivity contribution is 0.285. The minimum atomic E-state index is -2.65. The Hall–Kier alpha value is -1.85. The monoisotopic (exact) mass is 595 g/mol. The van der Waals surface area contributed by atoms with Gasteiger partial charge < -0.3 is 8.98 Å². The van der Waals surface area contributed by atoms with Gasteiger partial charge in [0.05, 0.1) is 0 Å². The van der Waals surface area contributed by atoms with Crippen molar-refractivity contribution >= 4 is 46.0 Å². The van der Waals surface area contributed by atoms with Crippen LogP contribution in [-0.4, -0.2) is 30.3 Å². The first kappa shape index (κ1) is 29.7. The molecular formula is C31H38BrNO2SSi. The van der Waals surface area contributed by atoms with Gasteiger partial charge in [0, 0.05) is 34.4 Å². The van der Waals surface area contributed by atoms with Crippen molar-refractivity contribution in [3.8, 4) is 11.8 Å². The highest BCUT2D eigenvalue weighted by Gasteiger charge is 2.50. The molecule has 3 aromatic carbocycles. The van der Waals surface area contributed by atoms with Crippen molar-refractivity contribution in [1.82, 2.24) is 4.72 Å². The zero-order chi connectivity index (χ0) is 27.1. The fourth-order valence-corrected chi connectivity index (χ4v) is 10.1. The Morgan fingerprint density at radius 2 is 1.46 bits per heavy atom. The fraction of sp³-hybridized carbons (Fsp3) is 0.355. The van der Waals surface area contributed by atoms with Crippen molar-refractivity contribution in [2.75, 3.05) is 6.61 Å². The lowest BCUT2D eigenvalue weighted by atomic mass is 10.2. The molecule has 0 bridgehead atoms. The van der Waals surface area contributed by atoms with Crippen LogP contribution in [0.5, 0.6) is 0 Å². The molecule has 0 heterocycles. The second kappa shape index (κ2) is 12.8. The molecule has 3 nitrogen and oxygen atoms in total. The van der Waals surface area contributed by atoms with Crippen LogP contribution in [-0.2, 0) is 15.8 Å². The third kappa shape index (κ3) is 7.83. The minimum absolute atomic E-state index is 0.102. The van der Waals surface area contributed by atoms with Gasteiger partial charge in [0.2, 0.25) is 0 Å². The summed E-state index contributed by atoms with van der Waals surface area (Å²) in [6.45, 7) is 13.2. The van der Waals surface area contributed by atoms with Crippen LogP contribution in [0.15, 0.2) is 89.4 Å². The van der Waals surface area contributed by atoms with E-state index in [4.69, 9.17) is 4.43 Å². The maximum Gasteiger partial charge on any atom is 0.261 e. The maximum absolute atomic E-state index is 13.0. The SMILES string of the molecule is CC(C)(C)[S+]([O-])N[C@@H](C#Cc1cccc(Br)c1)CCO[Si](c1ccccc1)(c1ccccc1)C(C)(C)C. The van der Waals surface area contributed by atoms with E-state index in [1.54, 1.807) is 0 Å². The number of rotatable bonds is 8. The molecule has 1 unspecified atom stereocenters. The number of benzene rings is 3.